The Morgan fingerprint density at radius 3 is 2.26 bits per heavy atom. The van der Waals surface area contributed by atoms with Crippen LogP contribution in [0, 0.1) is 23.2 Å². The monoisotopic (exact) mass is 266 g/mol. The molecule has 2 N–H and O–H groups in total. The lowest BCUT2D eigenvalue weighted by Gasteiger charge is -2.48. The van der Waals surface area contributed by atoms with Gasteiger partial charge in [-0.25, -0.2) is 0 Å². The van der Waals surface area contributed by atoms with E-state index in [0.717, 1.165) is 30.3 Å². The molecular weight excluding hydrogens is 232 g/mol. The SMILES string of the molecule is CC1CCC(CN)(CN2CC(C)CC(C)C2C)CC1. The molecule has 0 aromatic carbocycles. The standard InChI is InChI=1S/C17H34N2/c1-13-5-7-17(11-18,8-6-13)12-19-10-14(2)9-15(3)16(19)4/h13-16H,5-12,18H2,1-4H3. The van der Waals surface area contributed by atoms with Crippen molar-refractivity contribution in [2.75, 3.05) is 19.6 Å². The average Bonchev–Trinajstić information content (AvgIpc) is 2.38. The van der Waals surface area contributed by atoms with Crippen LogP contribution in [-0.4, -0.2) is 30.6 Å². The molecule has 2 heteroatoms. The lowest BCUT2D eigenvalue weighted by molar-refractivity contribution is 0.0188. The molecule has 0 spiro atoms. The Labute approximate surface area is 120 Å². The van der Waals surface area contributed by atoms with Crippen LogP contribution in [0.4, 0.5) is 0 Å². The molecule has 3 unspecified atom stereocenters. The first-order chi connectivity index (χ1) is 8.96. The molecule has 1 saturated heterocycles. The van der Waals surface area contributed by atoms with Gasteiger partial charge in [0.1, 0.15) is 0 Å². The zero-order chi connectivity index (χ0) is 14.0. The van der Waals surface area contributed by atoms with Gasteiger partial charge in [0.2, 0.25) is 0 Å². The normalized spacial score (nSPS) is 45.3. The topological polar surface area (TPSA) is 29.3 Å². The molecule has 2 fully saturated rings. The number of piperidine rings is 1. The highest BCUT2D eigenvalue weighted by Crippen LogP contribution is 2.40. The molecule has 0 bridgehead atoms. The van der Waals surface area contributed by atoms with Gasteiger partial charge in [-0.2, -0.15) is 0 Å². The number of hydrogen-bond donors (Lipinski definition) is 1. The van der Waals surface area contributed by atoms with Gasteiger partial charge in [0.05, 0.1) is 0 Å². The fourth-order valence-electron chi connectivity index (χ4n) is 4.27. The molecule has 2 aliphatic rings. The molecule has 0 amide bonds. The van der Waals surface area contributed by atoms with Gasteiger partial charge in [0.15, 0.2) is 0 Å². The number of hydrogen-bond acceptors (Lipinski definition) is 2. The van der Waals surface area contributed by atoms with E-state index in [1.54, 1.807) is 0 Å². The Kier molecular flexibility index (Phi) is 4.94. The third-order valence-corrected chi connectivity index (χ3v) is 6.03. The summed E-state index contributed by atoms with van der Waals surface area (Å²) in [6, 6.07) is 0.735. The Morgan fingerprint density at radius 1 is 1.05 bits per heavy atom. The predicted molar refractivity (Wildman–Crippen MR) is 83.1 cm³/mol. The summed E-state index contributed by atoms with van der Waals surface area (Å²) in [5.41, 5.74) is 6.60. The van der Waals surface area contributed by atoms with Gasteiger partial charge in [-0.15, -0.1) is 0 Å². The highest BCUT2D eigenvalue weighted by atomic mass is 15.2. The maximum atomic E-state index is 6.19. The summed E-state index contributed by atoms with van der Waals surface area (Å²) < 4.78 is 0. The van der Waals surface area contributed by atoms with E-state index in [-0.39, 0.29) is 0 Å². The molecule has 19 heavy (non-hydrogen) atoms. The minimum Gasteiger partial charge on any atom is -0.330 e. The smallest absolute Gasteiger partial charge is 0.00930 e. The molecule has 0 aromatic rings. The molecule has 1 aliphatic heterocycles. The quantitative estimate of drug-likeness (QED) is 0.847. The van der Waals surface area contributed by atoms with Crippen LogP contribution < -0.4 is 5.73 Å². The summed E-state index contributed by atoms with van der Waals surface area (Å²) in [6.07, 6.45) is 6.84. The summed E-state index contributed by atoms with van der Waals surface area (Å²) in [4.78, 5) is 2.75. The van der Waals surface area contributed by atoms with Gasteiger partial charge >= 0.3 is 0 Å². The van der Waals surface area contributed by atoms with E-state index in [9.17, 15) is 0 Å². The second kappa shape index (κ2) is 6.13. The van der Waals surface area contributed by atoms with Crippen LogP contribution in [0.5, 0.6) is 0 Å². The molecule has 1 saturated carbocycles. The van der Waals surface area contributed by atoms with Crippen molar-refractivity contribution in [3.63, 3.8) is 0 Å². The molecule has 2 rings (SSSR count). The van der Waals surface area contributed by atoms with Crippen molar-refractivity contribution in [3.8, 4) is 0 Å². The summed E-state index contributed by atoms with van der Waals surface area (Å²) in [7, 11) is 0. The zero-order valence-electron chi connectivity index (χ0n) is 13.5. The molecule has 3 atom stereocenters. The fraction of sp³-hybridized carbons (Fsp3) is 1.00. The van der Waals surface area contributed by atoms with Crippen LogP contribution in [0.15, 0.2) is 0 Å². The van der Waals surface area contributed by atoms with Crippen molar-refractivity contribution in [1.29, 1.82) is 0 Å². The van der Waals surface area contributed by atoms with Crippen LogP contribution in [-0.2, 0) is 0 Å². The van der Waals surface area contributed by atoms with E-state index >= 15 is 0 Å². The molecule has 0 radical (unpaired) electrons. The molecule has 112 valence electrons. The number of nitrogens with two attached hydrogens (primary N) is 1. The Hall–Kier alpha value is -0.0800. The van der Waals surface area contributed by atoms with Gasteiger partial charge < -0.3 is 5.73 Å². The lowest BCUT2D eigenvalue weighted by atomic mass is 9.70. The van der Waals surface area contributed by atoms with Gasteiger partial charge in [-0.3, -0.25) is 4.90 Å². The Balaban J connectivity index is 2.01. The first-order valence-corrected chi connectivity index (χ1v) is 8.40. The Bertz CT molecular complexity index is 281. The number of rotatable bonds is 3. The van der Waals surface area contributed by atoms with Crippen molar-refractivity contribution >= 4 is 0 Å². The highest BCUT2D eigenvalue weighted by molar-refractivity contribution is 4.92. The molecule has 0 aromatic heterocycles. The van der Waals surface area contributed by atoms with E-state index in [0.29, 0.717) is 5.41 Å². The summed E-state index contributed by atoms with van der Waals surface area (Å²) in [6.45, 7) is 13.1. The third kappa shape index (κ3) is 3.52. The van der Waals surface area contributed by atoms with Crippen molar-refractivity contribution in [1.82, 2.24) is 4.90 Å². The van der Waals surface area contributed by atoms with E-state index in [1.165, 1.54) is 45.2 Å². The maximum absolute atomic E-state index is 6.19. The van der Waals surface area contributed by atoms with E-state index < -0.39 is 0 Å². The number of nitrogens with zero attached hydrogens (tertiary/aromatic N) is 1. The second-order valence-corrected chi connectivity index (χ2v) is 7.87. The first kappa shape index (κ1) is 15.3. The van der Waals surface area contributed by atoms with Crippen molar-refractivity contribution in [3.05, 3.63) is 0 Å². The van der Waals surface area contributed by atoms with Gasteiger partial charge in [0.25, 0.3) is 0 Å². The van der Waals surface area contributed by atoms with Gasteiger partial charge in [-0.05, 0) is 55.9 Å². The molecular formula is C17H34N2. The second-order valence-electron chi connectivity index (χ2n) is 7.87. The minimum atomic E-state index is 0.414. The largest absolute Gasteiger partial charge is 0.330 e. The van der Waals surface area contributed by atoms with E-state index in [2.05, 4.69) is 32.6 Å². The predicted octanol–water partition coefficient (Wildman–Crippen LogP) is 3.51. The number of likely N-dealkylation sites (tertiary alicyclic amines) is 1. The van der Waals surface area contributed by atoms with Gasteiger partial charge in [-0.1, -0.05) is 33.6 Å². The molecule has 1 aliphatic carbocycles. The lowest BCUT2D eigenvalue weighted by Crippen LogP contribution is -2.52. The highest BCUT2D eigenvalue weighted by Gasteiger charge is 2.38. The van der Waals surface area contributed by atoms with Crippen LogP contribution >= 0.6 is 0 Å². The fourth-order valence-corrected chi connectivity index (χ4v) is 4.27. The Morgan fingerprint density at radius 2 is 1.68 bits per heavy atom. The van der Waals surface area contributed by atoms with Crippen molar-refractivity contribution in [2.24, 2.45) is 28.9 Å². The van der Waals surface area contributed by atoms with Crippen LogP contribution in [0.3, 0.4) is 0 Å². The summed E-state index contributed by atoms with van der Waals surface area (Å²) in [5, 5.41) is 0. The maximum Gasteiger partial charge on any atom is 0.00930 e. The van der Waals surface area contributed by atoms with Gasteiger partial charge in [0, 0.05) is 19.1 Å². The summed E-state index contributed by atoms with van der Waals surface area (Å²) >= 11 is 0. The third-order valence-electron chi connectivity index (χ3n) is 6.03. The van der Waals surface area contributed by atoms with E-state index in [1.807, 2.05) is 0 Å². The molecule has 2 nitrogen and oxygen atoms in total. The summed E-state index contributed by atoms with van der Waals surface area (Å²) in [5.74, 6) is 2.60. The first-order valence-electron chi connectivity index (χ1n) is 8.40. The van der Waals surface area contributed by atoms with Crippen molar-refractivity contribution in [2.45, 2.75) is 65.8 Å². The molecule has 1 heterocycles. The van der Waals surface area contributed by atoms with Crippen LogP contribution in [0.1, 0.15) is 59.8 Å². The average molecular weight is 266 g/mol. The minimum absolute atomic E-state index is 0.414. The zero-order valence-corrected chi connectivity index (χ0v) is 13.5. The van der Waals surface area contributed by atoms with Crippen molar-refractivity contribution < 1.29 is 0 Å². The van der Waals surface area contributed by atoms with E-state index in [4.69, 9.17) is 5.73 Å². The van der Waals surface area contributed by atoms with Crippen LogP contribution in [0.25, 0.3) is 0 Å². The van der Waals surface area contributed by atoms with Crippen LogP contribution in [0.2, 0.25) is 0 Å².